The van der Waals surface area contributed by atoms with E-state index >= 15 is 0 Å². The Morgan fingerprint density at radius 1 is 1.47 bits per heavy atom. The minimum Gasteiger partial charge on any atom is -0.478 e. The second-order valence-electron chi connectivity index (χ2n) is 4.16. The van der Waals surface area contributed by atoms with Gasteiger partial charge in [-0.2, -0.15) is 0 Å². The van der Waals surface area contributed by atoms with Crippen LogP contribution in [0.5, 0.6) is 5.88 Å². The van der Waals surface area contributed by atoms with Gasteiger partial charge >= 0.3 is 0 Å². The van der Waals surface area contributed by atoms with E-state index in [2.05, 4.69) is 34.8 Å². The van der Waals surface area contributed by atoms with Gasteiger partial charge in [-0.1, -0.05) is 13.8 Å². The van der Waals surface area contributed by atoms with Crippen molar-refractivity contribution in [1.82, 2.24) is 4.98 Å². The lowest BCUT2D eigenvalue weighted by molar-refractivity contribution is 0.287. The van der Waals surface area contributed by atoms with Gasteiger partial charge in [0.1, 0.15) is 0 Å². The lowest BCUT2D eigenvalue weighted by atomic mass is 10.1. The summed E-state index contributed by atoms with van der Waals surface area (Å²) in [5.41, 5.74) is 1.16. The van der Waals surface area contributed by atoms with Crippen LogP contribution in [0.25, 0.3) is 0 Å². The zero-order valence-electron chi connectivity index (χ0n) is 9.59. The molecule has 0 radical (unpaired) electrons. The lowest BCUT2D eigenvalue weighted by Gasteiger charge is -2.07. The molecule has 84 valence electrons. The van der Waals surface area contributed by atoms with Crippen molar-refractivity contribution in [1.29, 1.82) is 0 Å². The number of hydrogen-bond acceptors (Lipinski definition) is 2. The summed E-state index contributed by atoms with van der Waals surface area (Å²) in [5.74, 6) is 1.47. The van der Waals surface area contributed by atoms with Crippen LogP contribution in [0.1, 0.15) is 32.3 Å². The van der Waals surface area contributed by atoms with Crippen molar-refractivity contribution in [2.24, 2.45) is 5.92 Å². The van der Waals surface area contributed by atoms with Crippen LogP contribution in [0.3, 0.4) is 0 Å². The quantitative estimate of drug-likeness (QED) is 0.757. The van der Waals surface area contributed by atoms with E-state index in [4.69, 9.17) is 4.74 Å². The molecule has 1 rings (SSSR count). The average Bonchev–Trinajstić information content (AvgIpc) is 2.18. The maximum Gasteiger partial charge on any atom is 0.213 e. The Morgan fingerprint density at radius 2 is 2.20 bits per heavy atom. The lowest BCUT2D eigenvalue weighted by Crippen LogP contribution is -2.01. The smallest absolute Gasteiger partial charge is 0.213 e. The molecule has 2 nitrogen and oxygen atoms in total. The van der Waals surface area contributed by atoms with Crippen molar-refractivity contribution < 1.29 is 4.74 Å². The Kier molecular flexibility index (Phi) is 5.09. The van der Waals surface area contributed by atoms with Crippen LogP contribution in [-0.4, -0.2) is 11.6 Å². The number of aromatic nitrogens is 1. The minimum atomic E-state index is 0.722. The molecule has 0 saturated carbocycles. The van der Waals surface area contributed by atoms with Gasteiger partial charge in [-0.3, -0.25) is 0 Å². The van der Waals surface area contributed by atoms with Gasteiger partial charge in [0.2, 0.25) is 5.88 Å². The van der Waals surface area contributed by atoms with Crippen LogP contribution < -0.4 is 4.74 Å². The molecule has 15 heavy (non-hydrogen) atoms. The molecular weight excluding hydrogens is 254 g/mol. The van der Waals surface area contributed by atoms with E-state index in [0.717, 1.165) is 34.9 Å². The van der Waals surface area contributed by atoms with Gasteiger partial charge in [0, 0.05) is 16.7 Å². The second kappa shape index (κ2) is 6.11. The first kappa shape index (κ1) is 12.5. The largest absolute Gasteiger partial charge is 0.478 e. The van der Waals surface area contributed by atoms with E-state index in [1.165, 1.54) is 6.42 Å². The summed E-state index contributed by atoms with van der Waals surface area (Å²) in [7, 11) is 0. The molecule has 0 amide bonds. The Labute approximate surface area is 100 Å². The topological polar surface area (TPSA) is 22.1 Å². The monoisotopic (exact) mass is 271 g/mol. The van der Waals surface area contributed by atoms with Gasteiger partial charge in [0.15, 0.2) is 0 Å². The third-order valence-electron chi connectivity index (χ3n) is 2.20. The van der Waals surface area contributed by atoms with Crippen LogP contribution in [-0.2, 0) is 0 Å². The zero-order chi connectivity index (χ0) is 11.3. The average molecular weight is 272 g/mol. The molecule has 1 aromatic heterocycles. The van der Waals surface area contributed by atoms with E-state index in [1.807, 2.05) is 13.0 Å². The van der Waals surface area contributed by atoms with E-state index < -0.39 is 0 Å². The highest BCUT2D eigenvalue weighted by atomic mass is 79.9. The first-order chi connectivity index (χ1) is 7.09. The summed E-state index contributed by atoms with van der Waals surface area (Å²) in [6.45, 7) is 7.24. The van der Waals surface area contributed by atoms with E-state index in [1.54, 1.807) is 6.20 Å². The molecule has 0 aliphatic heterocycles. The number of halogens is 1. The Bertz CT molecular complexity index is 312. The molecule has 0 N–H and O–H groups in total. The summed E-state index contributed by atoms with van der Waals surface area (Å²) in [5, 5.41) is 0. The first-order valence-corrected chi connectivity index (χ1v) is 6.14. The van der Waals surface area contributed by atoms with Crippen molar-refractivity contribution in [3.63, 3.8) is 0 Å². The molecule has 0 spiro atoms. The third-order valence-corrected chi connectivity index (χ3v) is 3.03. The van der Waals surface area contributed by atoms with E-state index in [0.29, 0.717) is 0 Å². The molecule has 0 atom stereocenters. The van der Waals surface area contributed by atoms with Gasteiger partial charge in [0.25, 0.3) is 0 Å². The normalized spacial score (nSPS) is 10.7. The summed E-state index contributed by atoms with van der Waals surface area (Å²) in [4.78, 5) is 4.19. The summed E-state index contributed by atoms with van der Waals surface area (Å²) in [6.07, 6.45) is 4.08. The fourth-order valence-electron chi connectivity index (χ4n) is 1.26. The molecule has 0 aliphatic rings. The molecule has 1 heterocycles. The van der Waals surface area contributed by atoms with Crippen LogP contribution in [0.15, 0.2) is 16.7 Å². The van der Waals surface area contributed by atoms with Crippen molar-refractivity contribution in [2.75, 3.05) is 6.61 Å². The second-order valence-corrected chi connectivity index (χ2v) is 5.01. The Morgan fingerprint density at radius 3 is 2.80 bits per heavy atom. The number of nitrogens with zero attached hydrogens (tertiary/aromatic N) is 1. The van der Waals surface area contributed by atoms with Crippen LogP contribution in [0.2, 0.25) is 0 Å². The summed E-state index contributed by atoms with van der Waals surface area (Å²) in [6, 6.07) is 1.96. The Hall–Kier alpha value is -0.570. The molecule has 0 saturated heterocycles. The third kappa shape index (κ3) is 4.65. The predicted octanol–water partition coefficient (Wildman–Crippen LogP) is 3.97. The summed E-state index contributed by atoms with van der Waals surface area (Å²) >= 11 is 3.41. The van der Waals surface area contributed by atoms with Gasteiger partial charge in [-0.25, -0.2) is 4.98 Å². The number of aryl methyl sites for hydroxylation is 1. The zero-order valence-corrected chi connectivity index (χ0v) is 11.2. The van der Waals surface area contributed by atoms with Crippen molar-refractivity contribution in [3.05, 3.63) is 22.3 Å². The Balaban J connectivity index is 2.35. The van der Waals surface area contributed by atoms with Gasteiger partial charge in [-0.05, 0) is 47.2 Å². The maximum absolute atomic E-state index is 5.56. The molecule has 1 aromatic rings. The molecule has 0 aliphatic carbocycles. The summed E-state index contributed by atoms with van der Waals surface area (Å²) < 4.78 is 6.59. The van der Waals surface area contributed by atoms with E-state index in [-0.39, 0.29) is 0 Å². The maximum atomic E-state index is 5.56. The highest BCUT2D eigenvalue weighted by Gasteiger charge is 2.00. The standard InChI is InChI=1S/C12H18BrNO/c1-9(2)5-4-6-15-12-7-10(3)11(13)8-14-12/h7-9H,4-6H2,1-3H3. The van der Waals surface area contributed by atoms with Gasteiger partial charge < -0.3 is 4.74 Å². The van der Waals surface area contributed by atoms with Gasteiger partial charge in [-0.15, -0.1) is 0 Å². The van der Waals surface area contributed by atoms with Crippen molar-refractivity contribution in [3.8, 4) is 5.88 Å². The van der Waals surface area contributed by atoms with E-state index in [9.17, 15) is 0 Å². The predicted molar refractivity (Wildman–Crippen MR) is 66.2 cm³/mol. The molecule has 0 fully saturated rings. The highest BCUT2D eigenvalue weighted by molar-refractivity contribution is 9.10. The molecule has 0 bridgehead atoms. The van der Waals surface area contributed by atoms with Crippen LogP contribution in [0.4, 0.5) is 0 Å². The number of ether oxygens (including phenoxy) is 1. The van der Waals surface area contributed by atoms with Crippen LogP contribution in [0, 0.1) is 12.8 Å². The molecule has 0 unspecified atom stereocenters. The molecular formula is C12H18BrNO. The minimum absolute atomic E-state index is 0.722. The highest BCUT2D eigenvalue weighted by Crippen LogP contribution is 2.18. The molecule has 0 aromatic carbocycles. The number of pyridine rings is 1. The number of hydrogen-bond donors (Lipinski definition) is 0. The SMILES string of the molecule is Cc1cc(OCCCC(C)C)ncc1Br. The van der Waals surface area contributed by atoms with Crippen molar-refractivity contribution in [2.45, 2.75) is 33.6 Å². The fraction of sp³-hybridized carbons (Fsp3) is 0.583. The van der Waals surface area contributed by atoms with Crippen molar-refractivity contribution >= 4 is 15.9 Å². The van der Waals surface area contributed by atoms with Crippen LogP contribution >= 0.6 is 15.9 Å². The van der Waals surface area contributed by atoms with Gasteiger partial charge in [0.05, 0.1) is 6.61 Å². The molecule has 3 heteroatoms. The number of rotatable bonds is 5. The fourth-order valence-corrected chi connectivity index (χ4v) is 1.48. The first-order valence-electron chi connectivity index (χ1n) is 5.34.